The number of nitrogens with zero attached hydrogens (tertiary/aromatic N) is 2. The molecular formula is C13H21F3N4O. The molecule has 2 heterocycles. The zero-order valence-electron chi connectivity index (χ0n) is 12.2. The molecule has 5 nitrogen and oxygen atoms in total. The molecule has 1 aromatic heterocycles. The summed E-state index contributed by atoms with van der Waals surface area (Å²) in [5.74, 6) is -0.307. The predicted molar refractivity (Wildman–Crippen MR) is 70.6 cm³/mol. The minimum atomic E-state index is -4.51. The van der Waals surface area contributed by atoms with Gasteiger partial charge >= 0.3 is 6.18 Å². The molecular weight excluding hydrogens is 285 g/mol. The molecule has 8 heteroatoms. The van der Waals surface area contributed by atoms with Crippen LogP contribution in [0.1, 0.15) is 50.8 Å². The first-order valence-corrected chi connectivity index (χ1v) is 7.19. The van der Waals surface area contributed by atoms with E-state index in [1.165, 1.54) is 0 Å². The summed E-state index contributed by atoms with van der Waals surface area (Å²) in [7, 11) is 0. The van der Waals surface area contributed by atoms with Crippen molar-refractivity contribution in [1.29, 1.82) is 0 Å². The van der Waals surface area contributed by atoms with Crippen molar-refractivity contribution in [2.24, 2.45) is 5.92 Å². The van der Waals surface area contributed by atoms with Crippen LogP contribution in [-0.2, 0) is 10.9 Å². The minimum absolute atomic E-state index is 0.197. The number of halogens is 3. The Morgan fingerprint density at radius 3 is 2.57 bits per heavy atom. The number of aromatic nitrogens is 3. The number of alkyl halides is 3. The van der Waals surface area contributed by atoms with Gasteiger partial charge < -0.3 is 10.1 Å². The molecule has 1 aliphatic heterocycles. The largest absolute Gasteiger partial charge is 0.453 e. The molecule has 2 N–H and O–H groups in total. The van der Waals surface area contributed by atoms with Crippen LogP contribution in [-0.4, -0.2) is 34.4 Å². The highest BCUT2D eigenvalue weighted by Gasteiger charge is 2.36. The third kappa shape index (κ3) is 4.67. The molecule has 0 radical (unpaired) electrons. The zero-order chi connectivity index (χ0) is 15.5. The summed E-state index contributed by atoms with van der Waals surface area (Å²) in [5, 5.41) is 8.84. The smallest absolute Gasteiger partial charge is 0.381 e. The van der Waals surface area contributed by atoms with E-state index in [0.717, 1.165) is 32.5 Å². The molecule has 0 spiro atoms. The van der Waals surface area contributed by atoms with Gasteiger partial charge in [-0.25, -0.2) is 4.98 Å². The van der Waals surface area contributed by atoms with E-state index in [0.29, 0.717) is 5.92 Å². The van der Waals surface area contributed by atoms with Crippen LogP contribution >= 0.6 is 0 Å². The highest BCUT2D eigenvalue weighted by Crippen LogP contribution is 2.26. The Morgan fingerprint density at radius 1 is 1.33 bits per heavy atom. The van der Waals surface area contributed by atoms with E-state index < -0.39 is 12.0 Å². The highest BCUT2D eigenvalue weighted by atomic mass is 19.4. The topological polar surface area (TPSA) is 62.8 Å². The monoisotopic (exact) mass is 306 g/mol. The Morgan fingerprint density at radius 2 is 2.00 bits per heavy atom. The quantitative estimate of drug-likeness (QED) is 0.878. The summed E-state index contributed by atoms with van der Waals surface area (Å²) in [6.45, 7) is 5.40. The van der Waals surface area contributed by atoms with Gasteiger partial charge in [-0.3, -0.25) is 5.10 Å². The Balaban J connectivity index is 1.85. The maximum absolute atomic E-state index is 12.5. The van der Waals surface area contributed by atoms with Crippen LogP contribution in [0.25, 0.3) is 0 Å². The maximum atomic E-state index is 12.5. The number of hydrogen-bond acceptors (Lipinski definition) is 4. The van der Waals surface area contributed by atoms with Gasteiger partial charge in [-0.1, -0.05) is 0 Å². The van der Waals surface area contributed by atoms with Gasteiger partial charge in [-0.15, -0.1) is 5.10 Å². The van der Waals surface area contributed by atoms with E-state index in [-0.39, 0.29) is 17.9 Å². The standard InChI is InChI=1S/C13H21F3N4O/c1-8(7-10-3-5-21-6-4-10)17-9(2)11-18-12(20-19-11)13(14,15)16/h8-10,17H,3-7H2,1-2H3,(H,18,19,20). The van der Waals surface area contributed by atoms with Crippen LogP contribution in [0.5, 0.6) is 0 Å². The van der Waals surface area contributed by atoms with Crippen LogP contribution in [0.2, 0.25) is 0 Å². The second kappa shape index (κ2) is 6.74. The third-order valence-electron chi connectivity index (χ3n) is 3.73. The molecule has 0 aliphatic carbocycles. The van der Waals surface area contributed by atoms with Crippen LogP contribution in [0.4, 0.5) is 13.2 Å². The predicted octanol–water partition coefficient (Wildman–Crippen LogP) is 2.68. The summed E-state index contributed by atoms with van der Waals surface area (Å²) < 4.78 is 42.7. The van der Waals surface area contributed by atoms with Crippen molar-refractivity contribution >= 4 is 0 Å². The molecule has 2 atom stereocenters. The number of rotatable bonds is 5. The fraction of sp³-hybridized carbons (Fsp3) is 0.846. The third-order valence-corrected chi connectivity index (χ3v) is 3.73. The van der Waals surface area contributed by atoms with Gasteiger partial charge in [-0.2, -0.15) is 13.2 Å². The number of hydrogen-bond donors (Lipinski definition) is 2. The van der Waals surface area contributed by atoms with Gasteiger partial charge in [0, 0.05) is 19.3 Å². The SMILES string of the molecule is CC(CC1CCOCC1)NC(C)c1nc(C(F)(F)F)n[nH]1. The van der Waals surface area contributed by atoms with E-state index in [2.05, 4.69) is 20.5 Å². The summed E-state index contributed by atoms with van der Waals surface area (Å²) in [4.78, 5) is 3.51. The number of ether oxygens (including phenoxy) is 1. The van der Waals surface area contributed by atoms with Crippen molar-refractivity contribution in [2.45, 2.75) is 51.4 Å². The summed E-state index contributed by atoms with van der Waals surface area (Å²) in [5.41, 5.74) is 0. The molecule has 0 aromatic carbocycles. The molecule has 1 aromatic rings. The highest BCUT2D eigenvalue weighted by molar-refractivity contribution is 4.98. The lowest BCUT2D eigenvalue weighted by molar-refractivity contribution is -0.144. The van der Waals surface area contributed by atoms with E-state index in [9.17, 15) is 13.2 Å². The van der Waals surface area contributed by atoms with E-state index in [1.54, 1.807) is 6.92 Å². The van der Waals surface area contributed by atoms with Crippen LogP contribution in [0.15, 0.2) is 0 Å². The molecule has 21 heavy (non-hydrogen) atoms. The van der Waals surface area contributed by atoms with E-state index >= 15 is 0 Å². The first kappa shape index (κ1) is 16.2. The summed E-state index contributed by atoms with van der Waals surface area (Å²) in [6, 6.07) is -0.106. The first-order chi connectivity index (χ1) is 9.86. The number of aromatic amines is 1. The molecule has 1 aliphatic rings. The second-order valence-corrected chi connectivity index (χ2v) is 5.62. The van der Waals surface area contributed by atoms with E-state index in [1.807, 2.05) is 6.92 Å². The first-order valence-electron chi connectivity index (χ1n) is 7.19. The second-order valence-electron chi connectivity index (χ2n) is 5.62. The molecule has 2 unspecified atom stereocenters. The Kier molecular flexibility index (Phi) is 5.21. The van der Waals surface area contributed by atoms with Crippen LogP contribution < -0.4 is 5.32 Å². The van der Waals surface area contributed by atoms with Crippen LogP contribution in [0.3, 0.4) is 0 Å². The van der Waals surface area contributed by atoms with Gasteiger partial charge in [-0.05, 0) is 39.0 Å². The van der Waals surface area contributed by atoms with Gasteiger partial charge in [0.25, 0.3) is 5.82 Å². The zero-order valence-corrected chi connectivity index (χ0v) is 12.2. The lowest BCUT2D eigenvalue weighted by Gasteiger charge is -2.26. The van der Waals surface area contributed by atoms with Crippen molar-refractivity contribution in [3.05, 3.63) is 11.6 Å². The Bertz CT molecular complexity index is 443. The van der Waals surface area contributed by atoms with Gasteiger partial charge in [0.2, 0.25) is 0 Å². The van der Waals surface area contributed by atoms with Crippen molar-refractivity contribution in [2.75, 3.05) is 13.2 Å². The lowest BCUT2D eigenvalue weighted by atomic mass is 9.93. The maximum Gasteiger partial charge on any atom is 0.453 e. The summed E-state index contributed by atoms with van der Waals surface area (Å²) in [6.07, 6.45) is -1.45. The van der Waals surface area contributed by atoms with Crippen molar-refractivity contribution in [1.82, 2.24) is 20.5 Å². The van der Waals surface area contributed by atoms with Crippen LogP contribution in [0, 0.1) is 5.92 Å². The van der Waals surface area contributed by atoms with Gasteiger partial charge in [0.15, 0.2) is 0 Å². The molecule has 1 saturated heterocycles. The molecule has 1 fully saturated rings. The molecule has 0 saturated carbocycles. The minimum Gasteiger partial charge on any atom is -0.381 e. The lowest BCUT2D eigenvalue weighted by Crippen LogP contribution is -2.32. The summed E-state index contributed by atoms with van der Waals surface area (Å²) >= 11 is 0. The fourth-order valence-corrected chi connectivity index (χ4v) is 2.65. The molecule has 120 valence electrons. The fourth-order valence-electron chi connectivity index (χ4n) is 2.65. The number of H-pyrrole nitrogens is 1. The normalized spacial score (nSPS) is 20.4. The average Bonchev–Trinajstić information content (AvgIpc) is 2.89. The van der Waals surface area contributed by atoms with Gasteiger partial charge in [0.1, 0.15) is 5.82 Å². The Hall–Kier alpha value is -1.15. The van der Waals surface area contributed by atoms with Crippen molar-refractivity contribution in [3.63, 3.8) is 0 Å². The number of nitrogens with one attached hydrogen (secondary N) is 2. The average molecular weight is 306 g/mol. The Labute approximate surface area is 121 Å². The van der Waals surface area contributed by atoms with Crippen molar-refractivity contribution in [3.8, 4) is 0 Å². The van der Waals surface area contributed by atoms with Crippen molar-refractivity contribution < 1.29 is 17.9 Å². The van der Waals surface area contributed by atoms with E-state index in [4.69, 9.17) is 4.74 Å². The molecule has 0 amide bonds. The molecule has 0 bridgehead atoms. The molecule has 2 rings (SSSR count). The van der Waals surface area contributed by atoms with Gasteiger partial charge in [0.05, 0.1) is 6.04 Å².